The Morgan fingerprint density at radius 3 is 1.83 bits per heavy atom. The molecule has 2 unspecified atom stereocenters. The van der Waals surface area contributed by atoms with Gasteiger partial charge in [0.25, 0.3) is 0 Å². The highest BCUT2D eigenvalue weighted by atomic mass is 17.1. The van der Waals surface area contributed by atoms with E-state index in [1.165, 1.54) is 0 Å². The van der Waals surface area contributed by atoms with Crippen LogP contribution in [-0.4, -0.2) is 25.5 Å². The van der Waals surface area contributed by atoms with Gasteiger partial charge in [-0.25, -0.2) is 4.74 Å². The van der Waals surface area contributed by atoms with Crippen LogP contribution in [-0.2, 0) is 14.2 Å². The lowest BCUT2D eigenvalue weighted by Crippen LogP contribution is -2.22. The molecule has 0 heterocycles. The summed E-state index contributed by atoms with van der Waals surface area (Å²) in [7, 11) is 0. The third-order valence-electron chi connectivity index (χ3n) is 4.20. The van der Waals surface area contributed by atoms with Crippen LogP contribution in [0, 0.1) is 11.8 Å². The predicted molar refractivity (Wildman–Crippen MR) is 90.4 cm³/mol. The molecular formula is C18H34O6. The van der Waals surface area contributed by atoms with Crippen LogP contribution in [0.1, 0.15) is 79.1 Å². The van der Waals surface area contributed by atoms with Crippen LogP contribution in [0.5, 0.6) is 0 Å². The minimum absolute atomic E-state index is 0.273. The Labute approximate surface area is 146 Å². The molecule has 0 spiro atoms. The molecule has 0 radical (unpaired) electrons. The maximum Gasteiger partial charge on any atom is 0.735 e. The highest BCUT2D eigenvalue weighted by Crippen LogP contribution is 2.14. The molecule has 0 rings (SSSR count). The van der Waals surface area contributed by atoms with Gasteiger partial charge in [0.15, 0.2) is 6.61 Å². The SMILES string of the molecule is CCCCC(CC)COC(=O)OC(OCC(CC)CCCC)=[O+][O-]. The fourth-order valence-electron chi connectivity index (χ4n) is 2.34. The molecule has 0 fully saturated rings. The summed E-state index contributed by atoms with van der Waals surface area (Å²) >= 11 is 0. The van der Waals surface area contributed by atoms with Crippen molar-refractivity contribution in [2.24, 2.45) is 11.8 Å². The van der Waals surface area contributed by atoms with Crippen LogP contribution in [0.4, 0.5) is 9.37 Å². The summed E-state index contributed by atoms with van der Waals surface area (Å²) in [4.78, 5) is 11.6. The van der Waals surface area contributed by atoms with E-state index in [2.05, 4.69) is 32.3 Å². The molecular weight excluding hydrogens is 312 g/mol. The highest BCUT2D eigenvalue weighted by Gasteiger charge is 2.27. The molecule has 24 heavy (non-hydrogen) atoms. The molecule has 6 nitrogen and oxygen atoms in total. The van der Waals surface area contributed by atoms with Crippen molar-refractivity contribution in [1.82, 2.24) is 0 Å². The molecule has 0 aromatic heterocycles. The maximum absolute atomic E-state index is 11.6. The minimum Gasteiger partial charge on any atom is -0.628 e. The maximum atomic E-state index is 11.6. The van der Waals surface area contributed by atoms with E-state index in [0.29, 0.717) is 11.8 Å². The van der Waals surface area contributed by atoms with Gasteiger partial charge in [-0.2, -0.15) is 4.79 Å². The van der Waals surface area contributed by atoms with Gasteiger partial charge < -0.3 is 14.7 Å². The molecule has 0 N–H and O–H groups in total. The van der Waals surface area contributed by atoms with Gasteiger partial charge in [0, 0.05) is 5.92 Å². The predicted octanol–water partition coefficient (Wildman–Crippen LogP) is 4.52. The van der Waals surface area contributed by atoms with Crippen molar-refractivity contribution < 1.29 is 28.8 Å². The van der Waals surface area contributed by atoms with Crippen molar-refractivity contribution in [3.63, 3.8) is 0 Å². The van der Waals surface area contributed by atoms with Crippen molar-refractivity contribution in [3.8, 4) is 0 Å². The molecule has 0 bridgehead atoms. The lowest BCUT2D eigenvalue weighted by Gasteiger charge is -2.13. The Bertz CT molecular complexity index is 342. The Morgan fingerprint density at radius 2 is 1.42 bits per heavy atom. The molecule has 0 saturated carbocycles. The van der Waals surface area contributed by atoms with Gasteiger partial charge in [0.05, 0.1) is 6.61 Å². The van der Waals surface area contributed by atoms with Gasteiger partial charge in [0.1, 0.15) is 0 Å². The average molecular weight is 346 g/mol. The van der Waals surface area contributed by atoms with Crippen LogP contribution in [0.2, 0.25) is 0 Å². The van der Waals surface area contributed by atoms with Crippen molar-refractivity contribution >= 4 is 12.3 Å². The number of unbranched alkanes of at least 4 members (excludes halogenated alkanes) is 2. The first-order valence-corrected chi connectivity index (χ1v) is 9.25. The van der Waals surface area contributed by atoms with Gasteiger partial charge >= 0.3 is 12.3 Å². The van der Waals surface area contributed by atoms with E-state index in [4.69, 9.17) is 14.2 Å². The fraction of sp³-hybridized carbons (Fsp3) is 0.889. The van der Waals surface area contributed by atoms with E-state index in [9.17, 15) is 10.1 Å². The second-order valence-corrected chi connectivity index (χ2v) is 6.14. The van der Waals surface area contributed by atoms with Gasteiger partial charge in [-0.15, -0.1) is 0 Å². The second kappa shape index (κ2) is 15.1. The topological polar surface area (TPSA) is 79.1 Å². The van der Waals surface area contributed by atoms with Gasteiger partial charge in [-0.3, -0.25) is 4.58 Å². The summed E-state index contributed by atoms with van der Waals surface area (Å²) in [5, 5.41) is 10.6. The van der Waals surface area contributed by atoms with E-state index >= 15 is 0 Å². The van der Waals surface area contributed by atoms with E-state index < -0.39 is 12.3 Å². The van der Waals surface area contributed by atoms with Crippen molar-refractivity contribution in [3.05, 3.63) is 0 Å². The van der Waals surface area contributed by atoms with Crippen LogP contribution in [0.15, 0.2) is 0 Å². The molecule has 0 aromatic rings. The zero-order valence-electron chi connectivity index (χ0n) is 15.7. The monoisotopic (exact) mass is 346 g/mol. The molecule has 0 aliphatic carbocycles. The number of carbonyl (C=O) groups is 1. The standard InChI is InChI=1S/C18H34O6/c1-5-9-11-15(7-3)13-21-17(19)23-18(24-20)22-14-16(8-4)12-10-6-2/h15-16H,5-14H2,1-4H3. The first-order valence-electron chi connectivity index (χ1n) is 9.25. The number of rotatable bonds is 12. The van der Waals surface area contributed by atoms with E-state index in [0.717, 1.165) is 51.4 Å². The Morgan fingerprint density at radius 1 is 0.917 bits per heavy atom. The molecule has 0 aromatic carbocycles. The quantitative estimate of drug-likeness (QED) is 0.171. The molecule has 6 heteroatoms. The van der Waals surface area contributed by atoms with E-state index in [-0.39, 0.29) is 13.2 Å². The number of hydrogen-bond donors (Lipinski definition) is 0. The first kappa shape index (κ1) is 22.5. The summed E-state index contributed by atoms with van der Waals surface area (Å²) in [6, 6.07) is 0. The van der Waals surface area contributed by atoms with Gasteiger partial charge in [-0.05, 0) is 25.2 Å². The second-order valence-electron chi connectivity index (χ2n) is 6.14. The molecule has 0 aliphatic heterocycles. The first-order chi connectivity index (χ1) is 11.6. The van der Waals surface area contributed by atoms with Gasteiger partial charge in [0.2, 0.25) is 0 Å². The summed E-state index contributed by atoms with van der Waals surface area (Å²) in [6.07, 6.45) is 6.60. The Hall–Kier alpha value is -1.46. The van der Waals surface area contributed by atoms with Crippen LogP contribution in [0.25, 0.3) is 0 Å². The van der Waals surface area contributed by atoms with Crippen LogP contribution in [0.3, 0.4) is 0 Å². The summed E-state index contributed by atoms with van der Waals surface area (Å²) in [5.74, 6) is 0.599. The fourth-order valence-corrected chi connectivity index (χ4v) is 2.34. The Balaban J connectivity index is 4.15. The van der Waals surface area contributed by atoms with E-state index in [1.54, 1.807) is 0 Å². The smallest absolute Gasteiger partial charge is 0.628 e. The zero-order valence-corrected chi connectivity index (χ0v) is 15.7. The lowest BCUT2D eigenvalue weighted by molar-refractivity contribution is -0.869. The zero-order chi connectivity index (χ0) is 18.2. The van der Waals surface area contributed by atoms with Gasteiger partial charge in [-0.1, -0.05) is 59.8 Å². The third kappa shape index (κ3) is 11.1. The van der Waals surface area contributed by atoms with Crippen LogP contribution >= 0.6 is 0 Å². The summed E-state index contributed by atoms with van der Waals surface area (Å²) in [5.41, 5.74) is 0. The van der Waals surface area contributed by atoms with E-state index in [1.807, 2.05) is 0 Å². The molecule has 2 atom stereocenters. The number of ether oxygens (including phenoxy) is 3. The van der Waals surface area contributed by atoms with Crippen molar-refractivity contribution in [2.45, 2.75) is 79.1 Å². The average Bonchev–Trinajstić information content (AvgIpc) is 2.60. The Kier molecular flexibility index (Phi) is 14.2. The van der Waals surface area contributed by atoms with Crippen LogP contribution < -0.4 is 5.26 Å². The normalized spacial score (nSPS) is 14.1. The summed E-state index contributed by atoms with van der Waals surface area (Å²) < 4.78 is 18.6. The lowest BCUT2D eigenvalue weighted by atomic mass is 10.0. The van der Waals surface area contributed by atoms with Crippen molar-refractivity contribution in [2.75, 3.05) is 13.2 Å². The number of hydrogen-bond acceptors (Lipinski definition) is 5. The third-order valence-corrected chi connectivity index (χ3v) is 4.20. The highest BCUT2D eigenvalue weighted by molar-refractivity contribution is 5.76. The van der Waals surface area contributed by atoms with Crippen molar-refractivity contribution in [1.29, 1.82) is 0 Å². The molecule has 142 valence electrons. The minimum atomic E-state index is -0.961. The summed E-state index contributed by atoms with van der Waals surface area (Å²) in [6.45, 7) is 8.91. The largest absolute Gasteiger partial charge is 0.735 e. The number of carbonyl (C=O) groups excluding carboxylic acids is 2. The molecule has 0 amide bonds. The molecule has 0 saturated heterocycles. The molecule has 0 aliphatic rings.